The van der Waals surface area contributed by atoms with E-state index in [0.29, 0.717) is 11.5 Å². The van der Waals surface area contributed by atoms with E-state index in [-0.39, 0.29) is 12.3 Å². The van der Waals surface area contributed by atoms with Gasteiger partial charge < -0.3 is 9.47 Å². The average Bonchev–Trinajstić information content (AvgIpc) is 2.29. The summed E-state index contributed by atoms with van der Waals surface area (Å²) in [5.41, 5.74) is 5.87. The lowest BCUT2D eigenvalue weighted by Crippen LogP contribution is -2.35. The predicted molar refractivity (Wildman–Crippen MR) is 60.5 cm³/mol. The standard InChI is InChI=1S/C11H16N2O3/c1-12-13-11(14)7-8-6-9(15-2)4-5-10(8)16-3/h4-6,12H,7H2,1-3H3,(H,13,14). The van der Waals surface area contributed by atoms with Crippen molar-refractivity contribution >= 4 is 5.91 Å². The second-order valence-electron chi connectivity index (χ2n) is 3.15. The quantitative estimate of drug-likeness (QED) is 0.715. The molecule has 0 saturated heterocycles. The zero-order chi connectivity index (χ0) is 12.0. The van der Waals surface area contributed by atoms with Gasteiger partial charge in [-0.1, -0.05) is 0 Å². The van der Waals surface area contributed by atoms with Crippen molar-refractivity contribution in [3.63, 3.8) is 0 Å². The van der Waals surface area contributed by atoms with Crippen LogP contribution in [-0.4, -0.2) is 27.2 Å². The minimum absolute atomic E-state index is 0.131. The van der Waals surface area contributed by atoms with Crippen LogP contribution in [0.5, 0.6) is 11.5 Å². The smallest absolute Gasteiger partial charge is 0.238 e. The van der Waals surface area contributed by atoms with Crippen LogP contribution in [0.2, 0.25) is 0 Å². The molecular weight excluding hydrogens is 208 g/mol. The molecule has 1 amide bonds. The number of methoxy groups -OCH3 is 2. The highest BCUT2D eigenvalue weighted by Gasteiger charge is 2.09. The van der Waals surface area contributed by atoms with E-state index in [4.69, 9.17) is 9.47 Å². The summed E-state index contributed by atoms with van der Waals surface area (Å²) in [6.07, 6.45) is 0.237. The fourth-order valence-corrected chi connectivity index (χ4v) is 1.38. The molecule has 0 spiro atoms. The van der Waals surface area contributed by atoms with Gasteiger partial charge >= 0.3 is 0 Å². The van der Waals surface area contributed by atoms with E-state index in [2.05, 4.69) is 10.9 Å². The van der Waals surface area contributed by atoms with E-state index >= 15 is 0 Å². The van der Waals surface area contributed by atoms with Crippen LogP contribution in [0.4, 0.5) is 0 Å². The molecule has 0 aliphatic heterocycles. The highest BCUT2D eigenvalue weighted by Crippen LogP contribution is 2.24. The van der Waals surface area contributed by atoms with Gasteiger partial charge in [-0.25, -0.2) is 5.43 Å². The zero-order valence-electron chi connectivity index (χ0n) is 9.66. The van der Waals surface area contributed by atoms with Crippen LogP contribution in [0.1, 0.15) is 5.56 Å². The van der Waals surface area contributed by atoms with E-state index in [1.54, 1.807) is 39.5 Å². The van der Waals surface area contributed by atoms with Gasteiger partial charge in [0.25, 0.3) is 0 Å². The third-order valence-corrected chi connectivity index (χ3v) is 2.10. The van der Waals surface area contributed by atoms with Crippen LogP contribution in [-0.2, 0) is 11.2 Å². The number of hydrogen-bond donors (Lipinski definition) is 2. The maximum absolute atomic E-state index is 11.4. The Kier molecular flexibility index (Phi) is 4.60. The van der Waals surface area contributed by atoms with E-state index in [9.17, 15) is 4.79 Å². The Bertz CT molecular complexity index is 366. The summed E-state index contributed by atoms with van der Waals surface area (Å²) in [7, 11) is 4.79. The maximum Gasteiger partial charge on any atom is 0.238 e. The Morgan fingerprint density at radius 2 is 2.06 bits per heavy atom. The van der Waals surface area contributed by atoms with Gasteiger partial charge in [-0.15, -0.1) is 0 Å². The molecule has 0 saturated carbocycles. The van der Waals surface area contributed by atoms with Crippen LogP contribution in [0.25, 0.3) is 0 Å². The van der Waals surface area contributed by atoms with Crippen LogP contribution >= 0.6 is 0 Å². The molecular formula is C11H16N2O3. The van der Waals surface area contributed by atoms with Crippen LogP contribution < -0.4 is 20.3 Å². The first-order valence-corrected chi connectivity index (χ1v) is 4.87. The Balaban J connectivity index is 2.86. The molecule has 5 nitrogen and oxygen atoms in total. The van der Waals surface area contributed by atoms with Crippen molar-refractivity contribution in [2.24, 2.45) is 0 Å². The van der Waals surface area contributed by atoms with Gasteiger partial charge in [0, 0.05) is 12.6 Å². The number of amides is 1. The van der Waals surface area contributed by atoms with Crippen molar-refractivity contribution in [2.45, 2.75) is 6.42 Å². The number of ether oxygens (including phenoxy) is 2. The molecule has 1 rings (SSSR count). The average molecular weight is 224 g/mol. The number of carbonyl (C=O) groups excluding carboxylic acids is 1. The summed E-state index contributed by atoms with van der Waals surface area (Å²) in [5.74, 6) is 1.24. The van der Waals surface area contributed by atoms with Crippen molar-refractivity contribution in [1.82, 2.24) is 10.9 Å². The third-order valence-electron chi connectivity index (χ3n) is 2.10. The van der Waals surface area contributed by atoms with Crippen molar-refractivity contribution in [2.75, 3.05) is 21.3 Å². The molecule has 0 heterocycles. The number of carbonyl (C=O) groups is 1. The fraction of sp³-hybridized carbons (Fsp3) is 0.364. The first kappa shape index (κ1) is 12.3. The molecule has 1 aromatic carbocycles. The predicted octanol–water partition coefficient (Wildman–Crippen LogP) is 0.497. The lowest BCUT2D eigenvalue weighted by atomic mass is 10.1. The number of nitrogens with one attached hydrogen (secondary N) is 2. The van der Waals surface area contributed by atoms with E-state index < -0.39 is 0 Å². The number of benzene rings is 1. The summed E-state index contributed by atoms with van der Waals surface area (Å²) in [6.45, 7) is 0. The number of hydrazine groups is 1. The molecule has 1 aromatic rings. The van der Waals surface area contributed by atoms with Crippen LogP contribution in [0, 0.1) is 0 Å². The fourth-order valence-electron chi connectivity index (χ4n) is 1.38. The second-order valence-corrected chi connectivity index (χ2v) is 3.15. The van der Waals surface area contributed by atoms with Crippen LogP contribution in [0.3, 0.4) is 0 Å². The largest absolute Gasteiger partial charge is 0.497 e. The summed E-state index contributed by atoms with van der Waals surface area (Å²) >= 11 is 0. The molecule has 88 valence electrons. The number of rotatable bonds is 5. The molecule has 0 aliphatic rings. The van der Waals surface area contributed by atoms with Gasteiger partial charge in [0.05, 0.1) is 20.6 Å². The van der Waals surface area contributed by atoms with Crippen LogP contribution in [0.15, 0.2) is 18.2 Å². The molecule has 16 heavy (non-hydrogen) atoms. The molecule has 0 unspecified atom stereocenters. The van der Waals surface area contributed by atoms with Crippen molar-refractivity contribution in [3.8, 4) is 11.5 Å². The SMILES string of the molecule is CNNC(=O)Cc1cc(OC)ccc1OC. The Morgan fingerprint density at radius 3 is 2.62 bits per heavy atom. The van der Waals surface area contributed by atoms with Gasteiger partial charge in [-0.05, 0) is 18.2 Å². The first-order valence-electron chi connectivity index (χ1n) is 4.87. The minimum atomic E-state index is -0.131. The summed E-state index contributed by atoms with van der Waals surface area (Å²) < 4.78 is 10.3. The lowest BCUT2D eigenvalue weighted by molar-refractivity contribution is -0.121. The molecule has 0 atom stereocenters. The van der Waals surface area contributed by atoms with E-state index in [1.165, 1.54) is 0 Å². The van der Waals surface area contributed by atoms with Crippen molar-refractivity contribution in [1.29, 1.82) is 0 Å². The molecule has 5 heteroatoms. The van der Waals surface area contributed by atoms with Gasteiger partial charge in [-0.2, -0.15) is 0 Å². The van der Waals surface area contributed by atoms with Gasteiger partial charge in [0.1, 0.15) is 11.5 Å². The van der Waals surface area contributed by atoms with Crippen molar-refractivity contribution in [3.05, 3.63) is 23.8 Å². The summed E-state index contributed by atoms with van der Waals surface area (Å²) in [4.78, 5) is 11.4. The Morgan fingerprint density at radius 1 is 1.31 bits per heavy atom. The molecule has 0 fully saturated rings. The topological polar surface area (TPSA) is 59.6 Å². The summed E-state index contributed by atoms with van der Waals surface area (Å²) in [6, 6.07) is 5.35. The maximum atomic E-state index is 11.4. The highest BCUT2D eigenvalue weighted by molar-refractivity contribution is 5.79. The normalized spacial score (nSPS) is 9.69. The van der Waals surface area contributed by atoms with E-state index in [1.807, 2.05) is 0 Å². The first-order chi connectivity index (χ1) is 7.71. The Hall–Kier alpha value is -1.75. The zero-order valence-corrected chi connectivity index (χ0v) is 9.66. The van der Waals surface area contributed by atoms with E-state index in [0.717, 1.165) is 5.56 Å². The van der Waals surface area contributed by atoms with Gasteiger partial charge in [0.15, 0.2) is 0 Å². The molecule has 0 bridgehead atoms. The monoisotopic (exact) mass is 224 g/mol. The summed E-state index contributed by atoms with van der Waals surface area (Å²) in [5, 5.41) is 0. The second kappa shape index (κ2) is 5.97. The highest BCUT2D eigenvalue weighted by atomic mass is 16.5. The molecule has 2 N–H and O–H groups in total. The van der Waals surface area contributed by atoms with Gasteiger partial charge in [0.2, 0.25) is 5.91 Å². The van der Waals surface area contributed by atoms with Crippen molar-refractivity contribution < 1.29 is 14.3 Å². The molecule has 0 aromatic heterocycles. The Labute approximate surface area is 94.7 Å². The molecule has 0 aliphatic carbocycles. The molecule has 0 radical (unpaired) electrons. The third kappa shape index (κ3) is 3.13. The lowest BCUT2D eigenvalue weighted by Gasteiger charge is -2.10. The minimum Gasteiger partial charge on any atom is -0.497 e. The number of hydrogen-bond acceptors (Lipinski definition) is 4. The van der Waals surface area contributed by atoms with Gasteiger partial charge in [-0.3, -0.25) is 10.2 Å².